The zero-order chi connectivity index (χ0) is 42.3. The smallest absolute Gasteiger partial charge is 0.305 e. The predicted molar refractivity (Wildman–Crippen MR) is 250 cm³/mol. The Hall–Kier alpha value is -1.66. The summed E-state index contributed by atoms with van der Waals surface area (Å²) in [6, 6.07) is -0.584. The van der Waals surface area contributed by atoms with Crippen LogP contribution in [0, 0.1) is 0 Å². The first-order valence-electron chi connectivity index (χ1n) is 25.6. The molecule has 342 valence electrons. The highest BCUT2D eigenvalue weighted by Crippen LogP contribution is 2.16. The number of hydrogen-bond acceptors (Lipinski definition) is 5. The lowest BCUT2D eigenvalue weighted by molar-refractivity contribution is -0.143. The fourth-order valence-corrected chi connectivity index (χ4v) is 7.81. The van der Waals surface area contributed by atoms with Crippen molar-refractivity contribution in [1.29, 1.82) is 0 Å². The third-order valence-corrected chi connectivity index (χ3v) is 11.8. The molecular weight excluding hydrogens is 719 g/mol. The fourth-order valence-electron chi connectivity index (χ4n) is 7.81. The number of carbonyl (C=O) groups excluding carboxylic acids is 2. The highest BCUT2D eigenvalue weighted by Gasteiger charge is 2.19. The first-order valence-corrected chi connectivity index (χ1v) is 25.6. The summed E-state index contributed by atoms with van der Waals surface area (Å²) in [5.74, 6) is -0.130. The van der Waals surface area contributed by atoms with Crippen LogP contribution in [0.1, 0.15) is 271 Å². The molecule has 0 aliphatic carbocycles. The van der Waals surface area contributed by atoms with Crippen molar-refractivity contribution in [3.05, 3.63) is 24.3 Å². The number of allylic oxidation sites excluding steroid dienone is 4. The number of esters is 1. The first-order chi connectivity index (χ1) is 28.5. The van der Waals surface area contributed by atoms with Gasteiger partial charge in [-0.1, -0.05) is 237 Å². The van der Waals surface area contributed by atoms with Crippen LogP contribution in [-0.2, 0) is 14.3 Å². The van der Waals surface area contributed by atoms with Gasteiger partial charge in [-0.15, -0.1) is 0 Å². The van der Waals surface area contributed by atoms with Crippen LogP contribution in [0.3, 0.4) is 0 Å². The number of ether oxygens (including phenoxy) is 1. The van der Waals surface area contributed by atoms with Crippen LogP contribution in [0.4, 0.5) is 0 Å². The van der Waals surface area contributed by atoms with E-state index in [0.29, 0.717) is 32.3 Å². The summed E-state index contributed by atoms with van der Waals surface area (Å²) in [5, 5.41) is 23.1. The van der Waals surface area contributed by atoms with Crippen LogP contribution >= 0.6 is 0 Å². The highest BCUT2D eigenvalue weighted by molar-refractivity contribution is 5.76. The average molecular weight is 818 g/mol. The van der Waals surface area contributed by atoms with E-state index in [1.807, 2.05) is 6.08 Å². The van der Waals surface area contributed by atoms with Gasteiger partial charge in [0.15, 0.2) is 0 Å². The summed E-state index contributed by atoms with van der Waals surface area (Å²) in [6.45, 7) is 4.89. The molecule has 0 aromatic rings. The molecule has 0 aliphatic heterocycles. The van der Waals surface area contributed by atoms with Crippen LogP contribution in [0.2, 0.25) is 0 Å². The number of aliphatic hydroxyl groups excluding tert-OH is 2. The largest absolute Gasteiger partial charge is 0.466 e. The van der Waals surface area contributed by atoms with Gasteiger partial charge in [0.25, 0.3) is 0 Å². The van der Waals surface area contributed by atoms with Gasteiger partial charge in [0, 0.05) is 12.8 Å². The van der Waals surface area contributed by atoms with Crippen molar-refractivity contribution in [2.45, 2.75) is 283 Å². The molecule has 0 aromatic carbocycles. The van der Waals surface area contributed by atoms with Crippen molar-refractivity contribution in [1.82, 2.24) is 5.32 Å². The van der Waals surface area contributed by atoms with Gasteiger partial charge >= 0.3 is 5.97 Å². The summed E-state index contributed by atoms with van der Waals surface area (Å²) >= 11 is 0. The van der Waals surface area contributed by atoms with Crippen molar-refractivity contribution in [2.24, 2.45) is 0 Å². The molecule has 0 aromatic heterocycles. The second kappa shape index (κ2) is 48.0. The Labute approximate surface area is 361 Å². The maximum atomic E-state index is 12.4. The molecule has 2 atom stereocenters. The van der Waals surface area contributed by atoms with Gasteiger partial charge in [-0.3, -0.25) is 9.59 Å². The number of rotatable bonds is 47. The summed E-state index contributed by atoms with van der Waals surface area (Å²) in [6.07, 6.45) is 55.9. The molecule has 0 fully saturated rings. The van der Waals surface area contributed by atoms with E-state index in [1.165, 1.54) is 180 Å². The van der Waals surface area contributed by atoms with E-state index in [9.17, 15) is 19.8 Å². The average Bonchev–Trinajstić information content (AvgIpc) is 3.22. The van der Waals surface area contributed by atoms with Gasteiger partial charge in [-0.2, -0.15) is 0 Å². The predicted octanol–water partition coefficient (Wildman–Crippen LogP) is 15.1. The SMILES string of the molecule is CCCCCCCCCCCCCCCCC(=O)OCCCCCCCC/C=C\C/C=C\CCC(=O)NC(CO)C(O)CCCCCCCCCCCCCCCC. The fraction of sp³-hybridized carbons (Fsp3) is 0.885. The molecule has 6 heteroatoms. The minimum Gasteiger partial charge on any atom is -0.466 e. The van der Waals surface area contributed by atoms with Crippen molar-refractivity contribution >= 4 is 11.9 Å². The Balaban J connectivity index is 3.54. The van der Waals surface area contributed by atoms with Crippen LogP contribution in [0.15, 0.2) is 24.3 Å². The molecule has 0 rings (SSSR count). The van der Waals surface area contributed by atoms with Gasteiger partial charge in [0.1, 0.15) is 0 Å². The highest BCUT2D eigenvalue weighted by atomic mass is 16.5. The van der Waals surface area contributed by atoms with Crippen LogP contribution < -0.4 is 5.32 Å². The normalized spacial score (nSPS) is 12.8. The second-order valence-corrected chi connectivity index (χ2v) is 17.5. The molecule has 58 heavy (non-hydrogen) atoms. The molecule has 0 radical (unpaired) electrons. The van der Waals surface area contributed by atoms with Crippen LogP contribution in [-0.4, -0.2) is 47.4 Å². The van der Waals surface area contributed by atoms with Crippen molar-refractivity contribution in [3.63, 3.8) is 0 Å². The summed E-state index contributed by atoms with van der Waals surface area (Å²) < 4.78 is 5.45. The van der Waals surface area contributed by atoms with Crippen LogP contribution in [0.5, 0.6) is 0 Å². The topological polar surface area (TPSA) is 95.9 Å². The standard InChI is InChI=1S/C52H99NO5/c1-3-5-7-9-11-13-15-17-20-24-28-32-36-40-44-50(55)49(48-54)53-51(56)45-41-37-33-29-25-21-19-23-27-31-35-39-43-47-58-52(57)46-42-38-34-30-26-22-18-16-14-12-10-8-6-4-2/h21,25,33,37,49-50,54-55H,3-20,22-24,26-32,34-36,38-48H2,1-2H3,(H,53,56)/b25-21-,37-33-. The van der Waals surface area contributed by atoms with Crippen molar-refractivity contribution in [2.75, 3.05) is 13.2 Å². The summed E-state index contributed by atoms with van der Waals surface area (Å²) in [7, 11) is 0. The molecule has 0 spiro atoms. The van der Waals surface area contributed by atoms with Gasteiger partial charge < -0.3 is 20.3 Å². The number of aliphatic hydroxyl groups is 2. The van der Waals surface area contributed by atoms with E-state index >= 15 is 0 Å². The monoisotopic (exact) mass is 818 g/mol. The lowest BCUT2D eigenvalue weighted by atomic mass is 10.0. The Morgan fingerprint density at radius 2 is 0.879 bits per heavy atom. The third kappa shape index (κ3) is 43.9. The Kier molecular flexibility index (Phi) is 46.6. The molecule has 2 unspecified atom stereocenters. The van der Waals surface area contributed by atoms with Gasteiger partial charge in [-0.05, 0) is 44.9 Å². The van der Waals surface area contributed by atoms with Gasteiger partial charge in [0.2, 0.25) is 5.91 Å². The van der Waals surface area contributed by atoms with Crippen LogP contribution in [0.25, 0.3) is 0 Å². The quantitative estimate of drug-likeness (QED) is 0.0323. The minimum absolute atomic E-state index is 0.0149. The van der Waals surface area contributed by atoms with Gasteiger partial charge in [0.05, 0.1) is 25.4 Å². The number of unbranched alkanes of at least 4 members (excludes halogenated alkanes) is 32. The van der Waals surface area contributed by atoms with Gasteiger partial charge in [-0.25, -0.2) is 0 Å². The minimum atomic E-state index is -0.697. The zero-order valence-electron chi connectivity index (χ0n) is 38.8. The van der Waals surface area contributed by atoms with E-state index in [2.05, 4.69) is 37.4 Å². The van der Waals surface area contributed by atoms with Crippen molar-refractivity contribution < 1.29 is 24.5 Å². The number of amides is 1. The number of nitrogens with one attached hydrogen (secondary N) is 1. The van der Waals surface area contributed by atoms with Crippen molar-refractivity contribution in [3.8, 4) is 0 Å². The van der Waals surface area contributed by atoms with E-state index < -0.39 is 12.1 Å². The second-order valence-electron chi connectivity index (χ2n) is 17.5. The Bertz CT molecular complexity index is 904. The Morgan fingerprint density at radius 1 is 0.483 bits per heavy atom. The lowest BCUT2D eigenvalue weighted by Crippen LogP contribution is -2.45. The molecule has 3 N–H and O–H groups in total. The molecule has 0 aliphatic rings. The number of hydrogen-bond donors (Lipinski definition) is 3. The third-order valence-electron chi connectivity index (χ3n) is 11.8. The number of carbonyl (C=O) groups is 2. The maximum Gasteiger partial charge on any atom is 0.305 e. The Morgan fingerprint density at radius 3 is 1.34 bits per heavy atom. The zero-order valence-corrected chi connectivity index (χ0v) is 38.8. The first kappa shape index (κ1) is 56.3. The molecule has 0 saturated carbocycles. The summed E-state index contributed by atoms with van der Waals surface area (Å²) in [4.78, 5) is 24.4. The lowest BCUT2D eigenvalue weighted by Gasteiger charge is -2.22. The molecule has 1 amide bonds. The molecule has 0 saturated heterocycles. The van der Waals surface area contributed by atoms with E-state index in [1.54, 1.807) is 0 Å². The molecule has 6 nitrogen and oxygen atoms in total. The van der Waals surface area contributed by atoms with E-state index in [4.69, 9.17) is 4.74 Å². The maximum absolute atomic E-state index is 12.4. The summed E-state index contributed by atoms with van der Waals surface area (Å²) in [5.41, 5.74) is 0. The molecular formula is C52H99NO5. The molecule has 0 heterocycles. The van der Waals surface area contributed by atoms with E-state index in [-0.39, 0.29) is 18.5 Å². The van der Waals surface area contributed by atoms with E-state index in [0.717, 1.165) is 51.4 Å². The molecule has 0 bridgehead atoms.